The van der Waals surface area contributed by atoms with Crippen molar-refractivity contribution in [1.29, 1.82) is 0 Å². The largest absolute Gasteiger partial charge is 0.493 e. The Morgan fingerprint density at radius 3 is 2.55 bits per heavy atom. The number of methoxy groups -OCH3 is 2. The number of carbonyl (C=O) groups excluding carboxylic acids is 1. The Kier molecular flexibility index (Phi) is 7.98. The quantitative estimate of drug-likeness (QED) is 0.378. The van der Waals surface area contributed by atoms with Crippen molar-refractivity contribution in [3.8, 4) is 11.5 Å². The molecular formula is C16H21BrO5. The molecule has 0 heterocycles. The van der Waals surface area contributed by atoms with Gasteiger partial charge in [-0.05, 0) is 24.6 Å². The molecule has 2 unspecified atom stereocenters. The first-order valence-corrected chi connectivity index (χ1v) is 7.75. The summed E-state index contributed by atoms with van der Waals surface area (Å²) in [5.74, 6) is 0.790. The van der Waals surface area contributed by atoms with Crippen LogP contribution < -0.4 is 9.47 Å². The van der Waals surface area contributed by atoms with E-state index in [1.165, 1.54) is 0 Å². The highest BCUT2D eigenvalue weighted by atomic mass is 79.9. The molecule has 0 radical (unpaired) electrons. The number of hydrogen-bond donors (Lipinski definition) is 0. The van der Waals surface area contributed by atoms with E-state index < -0.39 is 10.9 Å². The van der Waals surface area contributed by atoms with Crippen LogP contribution in [0.15, 0.2) is 30.9 Å². The van der Waals surface area contributed by atoms with Crippen LogP contribution in [0.4, 0.5) is 0 Å². The van der Waals surface area contributed by atoms with Gasteiger partial charge in [-0.15, -0.1) is 6.58 Å². The lowest BCUT2D eigenvalue weighted by Crippen LogP contribution is -2.27. The van der Waals surface area contributed by atoms with Crippen LogP contribution in [0.2, 0.25) is 0 Å². The maximum Gasteiger partial charge on any atom is 0.322 e. The van der Waals surface area contributed by atoms with Gasteiger partial charge in [-0.2, -0.15) is 0 Å². The predicted molar refractivity (Wildman–Crippen MR) is 87.8 cm³/mol. The van der Waals surface area contributed by atoms with Gasteiger partial charge >= 0.3 is 5.97 Å². The predicted octanol–water partition coefficient (Wildman–Crippen LogP) is 3.27. The number of benzene rings is 1. The van der Waals surface area contributed by atoms with Crippen LogP contribution in [0.25, 0.3) is 0 Å². The highest BCUT2D eigenvalue weighted by Gasteiger charge is 2.29. The Balaban J connectivity index is 3.10. The van der Waals surface area contributed by atoms with Crippen LogP contribution in [-0.2, 0) is 14.3 Å². The second-order valence-electron chi connectivity index (χ2n) is 4.31. The minimum Gasteiger partial charge on any atom is -0.493 e. The normalized spacial score (nSPS) is 13.1. The summed E-state index contributed by atoms with van der Waals surface area (Å²) < 4.78 is 21.3. The van der Waals surface area contributed by atoms with Crippen molar-refractivity contribution in [3.63, 3.8) is 0 Å². The molecule has 122 valence electrons. The fraction of sp³-hybridized carbons (Fsp3) is 0.438. The molecule has 5 nitrogen and oxygen atoms in total. The van der Waals surface area contributed by atoms with Crippen LogP contribution in [-0.4, -0.2) is 38.2 Å². The van der Waals surface area contributed by atoms with Gasteiger partial charge < -0.3 is 18.9 Å². The zero-order valence-corrected chi connectivity index (χ0v) is 14.6. The highest BCUT2D eigenvalue weighted by molar-refractivity contribution is 9.10. The Morgan fingerprint density at radius 1 is 1.32 bits per heavy atom. The van der Waals surface area contributed by atoms with E-state index in [2.05, 4.69) is 22.5 Å². The van der Waals surface area contributed by atoms with Crippen molar-refractivity contribution in [2.45, 2.75) is 17.9 Å². The van der Waals surface area contributed by atoms with Crippen LogP contribution in [0, 0.1) is 0 Å². The number of hydrogen-bond acceptors (Lipinski definition) is 5. The second-order valence-corrected chi connectivity index (χ2v) is 5.30. The van der Waals surface area contributed by atoms with Gasteiger partial charge in [0, 0.05) is 0 Å². The third kappa shape index (κ3) is 4.74. The van der Waals surface area contributed by atoms with Gasteiger partial charge in [0.05, 0.1) is 27.4 Å². The minimum absolute atomic E-state index is 0.306. The van der Waals surface area contributed by atoms with Crippen molar-refractivity contribution in [2.75, 3.05) is 27.4 Å². The maximum atomic E-state index is 12.0. The van der Waals surface area contributed by atoms with Gasteiger partial charge in [0.25, 0.3) is 0 Å². The molecule has 1 rings (SSSR count). The number of halogens is 1. The Morgan fingerprint density at radius 2 is 2.00 bits per heavy atom. The number of alkyl halides is 1. The van der Waals surface area contributed by atoms with E-state index in [1.54, 1.807) is 39.4 Å². The third-order valence-corrected chi connectivity index (χ3v) is 3.76. The first-order valence-electron chi connectivity index (χ1n) is 6.84. The van der Waals surface area contributed by atoms with Crippen LogP contribution in [0.5, 0.6) is 11.5 Å². The zero-order chi connectivity index (χ0) is 16.5. The average molecular weight is 373 g/mol. The van der Waals surface area contributed by atoms with Crippen molar-refractivity contribution in [1.82, 2.24) is 0 Å². The molecule has 0 saturated carbocycles. The molecule has 0 aromatic heterocycles. The molecule has 0 fully saturated rings. The molecule has 0 aliphatic rings. The summed E-state index contributed by atoms with van der Waals surface area (Å²) in [6.07, 6.45) is 1.09. The smallest absolute Gasteiger partial charge is 0.322 e. The fourth-order valence-corrected chi connectivity index (χ4v) is 2.49. The lowest BCUT2D eigenvalue weighted by molar-refractivity contribution is -0.145. The van der Waals surface area contributed by atoms with Gasteiger partial charge in [-0.3, -0.25) is 4.79 Å². The number of esters is 1. The van der Waals surface area contributed by atoms with Gasteiger partial charge in [-0.1, -0.05) is 28.1 Å². The summed E-state index contributed by atoms with van der Waals surface area (Å²) >= 11 is 3.35. The standard InChI is InChI=1S/C16H21BrO5/c1-5-9-22-15(14(17)16(18)21-6-2)11-7-8-12(19-3)13(10-11)20-4/h5,7-8,10,14-15H,1,6,9H2,2-4H3. The van der Waals surface area contributed by atoms with Gasteiger partial charge in [0.2, 0.25) is 0 Å². The maximum absolute atomic E-state index is 12.0. The van der Waals surface area contributed by atoms with Gasteiger partial charge in [0.1, 0.15) is 10.9 Å². The fourth-order valence-electron chi connectivity index (χ4n) is 1.90. The Hall–Kier alpha value is -1.53. The molecule has 0 aliphatic carbocycles. The molecule has 0 bridgehead atoms. The number of ether oxygens (including phenoxy) is 4. The summed E-state index contributed by atoms with van der Waals surface area (Å²) in [6, 6.07) is 5.37. The SMILES string of the molecule is C=CCOC(c1ccc(OC)c(OC)c1)C(Br)C(=O)OCC. The minimum atomic E-state index is -0.634. The molecule has 0 N–H and O–H groups in total. The second kappa shape index (κ2) is 9.48. The summed E-state index contributed by atoms with van der Waals surface area (Å²) in [6.45, 7) is 6.00. The highest BCUT2D eigenvalue weighted by Crippen LogP contribution is 2.34. The van der Waals surface area contributed by atoms with E-state index in [9.17, 15) is 4.79 Å². The zero-order valence-electron chi connectivity index (χ0n) is 13.0. The van der Waals surface area contributed by atoms with Crippen molar-refractivity contribution in [2.24, 2.45) is 0 Å². The lowest BCUT2D eigenvalue weighted by Gasteiger charge is -2.22. The summed E-state index contributed by atoms with van der Waals surface area (Å²) in [5, 5.41) is 0. The first-order chi connectivity index (χ1) is 10.6. The number of carbonyl (C=O) groups is 1. The molecule has 2 atom stereocenters. The molecule has 0 spiro atoms. The van der Waals surface area contributed by atoms with Crippen molar-refractivity contribution >= 4 is 21.9 Å². The molecule has 0 amide bonds. The van der Waals surface area contributed by atoms with E-state index >= 15 is 0 Å². The molecule has 1 aromatic rings. The van der Waals surface area contributed by atoms with Crippen molar-refractivity contribution in [3.05, 3.63) is 36.4 Å². The average Bonchev–Trinajstić information content (AvgIpc) is 2.54. The molecule has 0 saturated heterocycles. The monoisotopic (exact) mass is 372 g/mol. The summed E-state index contributed by atoms with van der Waals surface area (Å²) in [4.78, 5) is 11.3. The van der Waals surface area contributed by atoms with Crippen molar-refractivity contribution < 1.29 is 23.7 Å². The Labute approximate surface area is 139 Å². The van der Waals surface area contributed by atoms with E-state index in [-0.39, 0.29) is 5.97 Å². The lowest BCUT2D eigenvalue weighted by atomic mass is 10.1. The van der Waals surface area contributed by atoms with E-state index in [1.807, 2.05) is 6.07 Å². The number of rotatable bonds is 9. The van der Waals surface area contributed by atoms with E-state index in [0.29, 0.717) is 24.7 Å². The van der Waals surface area contributed by atoms with Gasteiger partial charge in [-0.25, -0.2) is 0 Å². The topological polar surface area (TPSA) is 54.0 Å². The first kappa shape index (κ1) is 18.5. The molecule has 6 heteroatoms. The molecule has 1 aromatic carbocycles. The third-order valence-electron chi connectivity index (χ3n) is 2.91. The summed E-state index contributed by atoms with van der Waals surface area (Å²) in [5.41, 5.74) is 0.773. The van der Waals surface area contributed by atoms with Gasteiger partial charge in [0.15, 0.2) is 11.5 Å². The Bertz CT molecular complexity index is 503. The summed E-state index contributed by atoms with van der Waals surface area (Å²) in [7, 11) is 3.12. The van der Waals surface area contributed by atoms with Crippen LogP contribution >= 0.6 is 15.9 Å². The van der Waals surface area contributed by atoms with E-state index in [4.69, 9.17) is 18.9 Å². The molecule has 0 aliphatic heterocycles. The molecule has 22 heavy (non-hydrogen) atoms. The van der Waals surface area contributed by atoms with Crippen LogP contribution in [0.3, 0.4) is 0 Å². The molecular weight excluding hydrogens is 352 g/mol. The van der Waals surface area contributed by atoms with E-state index in [0.717, 1.165) is 5.56 Å². The van der Waals surface area contributed by atoms with Crippen LogP contribution in [0.1, 0.15) is 18.6 Å².